The van der Waals surface area contributed by atoms with Crippen LogP contribution in [0.2, 0.25) is 0 Å². The summed E-state index contributed by atoms with van der Waals surface area (Å²) < 4.78 is 36.4. The van der Waals surface area contributed by atoms with E-state index in [1.54, 1.807) is 36.4 Å². The molecular formula is C38H36BrN3O5S. The van der Waals surface area contributed by atoms with Gasteiger partial charge in [-0.1, -0.05) is 94.3 Å². The maximum Gasteiger partial charge on any atom is 0.264 e. The lowest BCUT2D eigenvalue weighted by atomic mass is 10.0. The van der Waals surface area contributed by atoms with Crippen LogP contribution in [0.25, 0.3) is 0 Å². The number of halogens is 1. The second-order valence-corrected chi connectivity index (χ2v) is 14.0. The van der Waals surface area contributed by atoms with Gasteiger partial charge in [-0.15, -0.1) is 0 Å². The van der Waals surface area contributed by atoms with E-state index in [0.29, 0.717) is 11.5 Å². The van der Waals surface area contributed by atoms with Crippen LogP contribution >= 0.6 is 15.9 Å². The summed E-state index contributed by atoms with van der Waals surface area (Å²) in [5.74, 6) is 0.228. The van der Waals surface area contributed by atoms with E-state index in [1.807, 2.05) is 91.9 Å². The lowest BCUT2D eigenvalue weighted by Crippen LogP contribution is -2.53. The molecule has 5 rings (SSSR count). The number of carbonyl (C=O) groups is 2. The Morgan fingerprint density at radius 3 is 2.00 bits per heavy atom. The molecule has 0 aliphatic heterocycles. The van der Waals surface area contributed by atoms with Gasteiger partial charge in [-0.05, 0) is 78.7 Å². The Labute approximate surface area is 290 Å². The Kier molecular flexibility index (Phi) is 11.3. The zero-order chi connectivity index (χ0) is 34.1. The van der Waals surface area contributed by atoms with Crippen LogP contribution in [0.15, 0.2) is 143 Å². The molecule has 0 radical (unpaired) electrons. The smallest absolute Gasteiger partial charge is 0.264 e. The Balaban J connectivity index is 1.54. The predicted octanol–water partition coefficient (Wildman–Crippen LogP) is 7.13. The minimum Gasteiger partial charge on any atom is -0.457 e. The third-order valence-electron chi connectivity index (χ3n) is 7.75. The van der Waals surface area contributed by atoms with Crippen LogP contribution in [0.1, 0.15) is 16.7 Å². The van der Waals surface area contributed by atoms with E-state index < -0.39 is 28.5 Å². The van der Waals surface area contributed by atoms with Gasteiger partial charge in [0.05, 0.1) is 10.6 Å². The maximum atomic E-state index is 14.5. The summed E-state index contributed by atoms with van der Waals surface area (Å²) in [5, 5.41) is 2.70. The first-order valence-corrected chi connectivity index (χ1v) is 17.6. The van der Waals surface area contributed by atoms with Crippen molar-refractivity contribution in [1.29, 1.82) is 0 Å². The van der Waals surface area contributed by atoms with Crippen LogP contribution in [0.5, 0.6) is 11.5 Å². The molecule has 0 saturated heterocycles. The van der Waals surface area contributed by atoms with Gasteiger partial charge in [-0.3, -0.25) is 13.9 Å². The molecule has 246 valence electrons. The van der Waals surface area contributed by atoms with Crippen molar-refractivity contribution < 1.29 is 22.7 Å². The van der Waals surface area contributed by atoms with E-state index in [9.17, 15) is 18.0 Å². The molecule has 0 aromatic heterocycles. The van der Waals surface area contributed by atoms with Crippen LogP contribution in [0, 0.1) is 6.92 Å². The number of carbonyl (C=O) groups excluding carboxylic acids is 2. The van der Waals surface area contributed by atoms with Crippen molar-refractivity contribution in [2.75, 3.05) is 17.9 Å². The minimum absolute atomic E-state index is 0.0381. The lowest BCUT2D eigenvalue weighted by molar-refractivity contribution is -0.139. The summed E-state index contributed by atoms with van der Waals surface area (Å²) in [5.41, 5.74) is 2.80. The van der Waals surface area contributed by atoms with Crippen molar-refractivity contribution >= 4 is 43.5 Å². The molecule has 1 N–H and O–H groups in total. The van der Waals surface area contributed by atoms with Crippen molar-refractivity contribution in [2.24, 2.45) is 0 Å². The van der Waals surface area contributed by atoms with E-state index in [1.165, 1.54) is 24.1 Å². The number of para-hydroxylation sites is 1. The topological polar surface area (TPSA) is 96.0 Å². The zero-order valence-electron chi connectivity index (χ0n) is 26.6. The molecule has 0 saturated carbocycles. The third kappa shape index (κ3) is 8.70. The van der Waals surface area contributed by atoms with Crippen molar-refractivity contribution in [2.45, 2.75) is 30.8 Å². The second kappa shape index (κ2) is 15.8. The molecular weight excluding hydrogens is 690 g/mol. The third-order valence-corrected chi connectivity index (χ3v) is 10.0. The SMILES string of the molecule is CNC(=O)C(Cc1ccccc1)N(Cc1cccc(Br)c1)C(=O)CN(c1ccc(Oc2ccccc2)cc1)S(=O)(=O)c1ccc(C)cc1. The fourth-order valence-electron chi connectivity index (χ4n) is 5.22. The Bertz CT molecular complexity index is 1940. The second-order valence-electron chi connectivity index (χ2n) is 11.2. The highest BCUT2D eigenvalue weighted by Crippen LogP contribution is 2.29. The molecule has 0 aliphatic rings. The summed E-state index contributed by atoms with van der Waals surface area (Å²) in [7, 11) is -2.70. The van der Waals surface area contributed by atoms with Crippen LogP contribution in [-0.2, 0) is 32.6 Å². The summed E-state index contributed by atoms with van der Waals surface area (Å²) in [4.78, 5) is 29.5. The average molecular weight is 727 g/mol. The van der Waals surface area contributed by atoms with E-state index in [2.05, 4.69) is 21.2 Å². The molecule has 8 nitrogen and oxygen atoms in total. The van der Waals surface area contributed by atoms with Gasteiger partial charge < -0.3 is 15.0 Å². The van der Waals surface area contributed by atoms with Crippen molar-refractivity contribution in [3.63, 3.8) is 0 Å². The molecule has 5 aromatic carbocycles. The quantitative estimate of drug-likeness (QED) is 0.139. The first-order chi connectivity index (χ1) is 23.1. The van der Waals surface area contributed by atoms with Gasteiger partial charge in [0.2, 0.25) is 11.8 Å². The molecule has 1 unspecified atom stereocenters. The lowest BCUT2D eigenvalue weighted by Gasteiger charge is -2.33. The Hall–Kier alpha value is -4.93. The van der Waals surface area contributed by atoms with Gasteiger partial charge in [0.1, 0.15) is 24.1 Å². The molecule has 0 bridgehead atoms. The van der Waals surface area contributed by atoms with Crippen molar-refractivity contribution in [1.82, 2.24) is 10.2 Å². The van der Waals surface area contributed by atoms with Gasteiger partial charge >= 0.3 is 0 Å². The van der Waals surface area contributed by atoms with Crippen LogP contribution in [-0.4, -0.2) is 44.8 Å². The average Bonchev–Trinajstić information content (AvgIpc) is 3.10. The van der Waals surface area contributed by atoms with Crippen LogP contribution < -0.4 is 14.4 Å². The maximum absolute atomic E-state index is 14.5. The molecule has 10 heteroatoms. The minimum atomic E-state index is -4.22. The van der Waals surface area contributed by atoms with Crippen molar-refractivity contribution in [3.05, 3.63) is 155 Å². The van der Waals surface area contributed by atoms with E-state index in [4.69, 9.17) is 4.74 Å². The molecule has 0 heterocycles. The molecule has 2 amide bonds. The molecule has 0 aliphatic carbocycles. The highest BCUT2D eigenvalue weighted by molar-refractivity contribution is 9.10. The number of anilines is 1. The molecule has 5 aromatic rings. The highest BCUT2D eigenvalue weighted by Gasteiger charge is 2.34. The van der Waals surface area contributed by atoms with Crippen LogP contribution in [0.4, 0.5) is 5.69 Å². The van der Waals surface area contributed by atoms with Gasteiger partial charge in [0.25, 0.3) is 10.0 Å². The van der Waals surface area contributed by atoms with Crippen LogP contribution in [0.3, 0.4) is 0 Å². The number of hydrogen-bond acceptors (Lipinski definition) is 5. The summed E-state index contributed by atoms with van der Waals surface area (Å²) in [6.45, 7) is 1.39. The largest absolute Gasteiger partial charge is 0.457 e. The fourth-order valence-corrected chi connectivity index (χ4v) is 7.08. The molecule has 0 fully saturated rings. The summed E-state index contributed by atoms with van der Waals surface area (Å²) >= 11 is 3.50. The van der Waals surface area contributed by atoms with Gasteiger partial charge in [0.15, 0.2) is 0 Å². The van der Waals surface area contributed by atoms with Gasteiger partial charge in [-0.2, -0.15) is 0 Å². The summed E-state index contributed by atoms with van der Waals surface area (Å²) in [6, 6.07) is 38.2. The highest BCUT2D eigenvalue weighted by atomic mass is 79.9. The van der Waals surface area contributed by atoms with E-state index in [-0.39, 0.29) is 29.5 Å². The summed E-state index contributed by atoms with van der Waals surface area (Å²) in [6.07, 6.45) is 0.233. The number of benzene rings is 5. The number of amides is 2. The standard InChI is InChI=1S/C38H36BrN3O5S/c1-28-16-22-35(23-17-28)48(45,46)42(32-18-20-34(21-19-32)47-33-14-7-4-8-15-33)27-37(43)41(26-30-12-9-13-31(39)24-30)36(38(44)40-2)25-29-10-5-3-6-11-29/h3-24,36H,25-27H2,1-2H3,(H,40,44). The van der Waals surface area contributed by atoms with Gasteiger partial charge in [0, 0.05) is 24.5 Å². The number of nitrogens with zero attached hydrogens (tertiary/aromatic N) is 2. The number of nitrogens with one attached hydrogen (secondary N) is 1. The number of likely N-dealkylation sites (N-methyl/N-ethyl adjacent to an activating group) is 1. The molecule has 0 spiro atoms. The number of rotatable bonds is 13. The fraction of sp³-hybridized carbons (Fsp3) is 0.158. The number of hydrogen-bond donors (Lipinski definition) is 1. The van der Waals surface area contributed by atoms with Crippen molar-refractivity contribution in [3.8, 4) is 11.5 Å². The monoisotopic (exact) mass is 725 g/mol. The number of ether oxygens (including phenoxy) is 1. The first kappa shape index (κ1) is 34.4. The predicted molar refractivity (Wildman–Crippen MR) is 191 cm³/mol. The Morgan fingerprint density at radius 2 is 1.38 bits per heavy atom. The normalized spacial score (nSPS) is 11.7. The number of sulfonamides is 1. The first-order valence-electron chi connectivity index (χ1n) is 15.4. The molecule has 1 atom stereocenters. The molecule has 48 heavy (non-hydrogen) atoms. The zero-order valence-corrected chi connectivity index (χ0v) is 29.0. The Morgan fingerprint density at radius 1 is 0.771 bits per heavy atom. The van der Waals surface area contributed by atoms with E-state index >= 15 is 0 Å². The van der Waals surface area contributed by atoms with E-state index in [0.717, 1.165) is 25.5 Å². The van der Waals surface area contributed by atoms with Gasteiger partial charge in [-0.25, -0.2) is 8.42 Å². The number of aryl methyl sites for hydroxylation is 1.